The third-order valence-electron chi connectivity index (χ3n) is 5.40. The maximum Gasteiger partial charge on any atom is 0.348 e. The summed E-state index contributed by atoms with van der Waals surface area (Å²) in [5.41, 5.74) is 3.39. The Morgan fingerprint density at radius 2 is 1.64 bits per heavy atom. The van der Waals surface area contributed by atoms with Gasteiger partial charge in [0.1, 0.15) is 18.2 Å². The molecular formula is C25H20N4O4. The molecule has 3 aromatic rings. The number of imide groups is 1. The van der Waals surface area contributed by atoms with E-state index in [0.717, 1.165) is 16.3 Å². The van der Waals surface area contributed by atoms with Gasteiger partial charge in [0, 0.05) is 11.3 Å². The molecule has 0 aliphatic carbocycles. The first-order valence-corrected chi connectivity index (χ1v) is 10.3. The third kappa shape index (κ3) is 4.04. The van der Waals surface area contributed by atoms with Crippen LogP contribution in [-0.2, 0) is 9.53 Å². The van der Waals surface area contributed by atoms with Gasteiger partial charge in [-0.3, -0.25) is 14.5 Å². The lowest BCUT2D eigenvalue weighted by atomic mass is 10.1. The van der Waals surface area contributed by atoms with E-state index in [-0.39, 0.29) is 18.7 Å². The van der Waals surface area contributed by atoms with E-state index in [0.29, 0.717) is 22.4 Å². The van der Waals surface area contributed by atoms with Crippen LogP contribution in [0.2, 0.25) is 0 Å². The summed E-state index contributed by atoms with van der Waals surface area (Å²) in [6.45, 7) is 3.33. The summed E-state index contributed by atoms with van der Waals surface area (Å²) >= 11 is 0. The summed E-state index contributed by atoms with van der Waals surface area (Å²) in [5, 5.41) is 14.0. The van der Waals surface area contributed by atoms with Gasteiger partial charge in [0.15, 0.2) is 0 Å². The van der Waals surface area contributed by atoms with Crippen LogP contribution >= 0.6 is 0 Å². The van der Waals surface area contributed by atoms with Crippen molar-refractivity contribution in [1.82, 2.24) is 14.7 Å². The van der Waals surface area contributed by atoms with E-state index in [2.05, 4.69) is 5.10 Å². The lowest BCUT2D eigenvalue weighted by Crippen LogP contribution is -2.33. The smallest absolute Gasteiger partial charge is 0.348 e. The minimum Gasteiger partial charge on any atom is -0.460 e. The highest BCUT2D eigenvalue weighted by molar-refractivity contribution is 6.21. The number of nitrogens with zero attached hydrogens (tertiary/aromatic N) is 4. The minimum absolute atomic E-state index is 0.0964. The molecule has 0 bridgehead atoms. The molecule has 0 N–H and O–H groups in total. The Bertz CT molecular complexity index is 1300. The van der Waals surface area contributed by atoms with Crippen LogP contribution in [0.15, 0.2) is 60.2 Å². The Hall–Kier alpha value is -4.51. The number of ether oxygens (including phenoxy) is 1. The number of esters is 1. The molecule has 2 amide bonds. The van der Waals surface area contributed by atoms with Gasteiger partial charge < -0.3 is 4.74 Å². The molecule has 4 rings (SSSR count). The average molecular weight is 440 g/mol. The van der Waals surface area contributed by atoms with Gasteiger partial charge in [0.05, 0.1) is 29.1 Å². The quantitative estimate of drug-likeness (QED) is 0.252. The fraction of sp³-hybridized carbons (Fsp3) is 0.160. The molecule has 2 heterocycles. The zero-order valence-electron chi connectivity index (χ0n) is 18.1. The van der Waals surface area contributed by atoms with E-state index in [1.54, 1.807) is 35.9 Å². The summed E-state index contributed by atoms with van der Waals surface area (Å²) in [6.07, 6.45) is 1.45. The van der Waals surface area contributed by atoms with E-state index in [1.165, 1.54) is 6.08 Å². The van der Waals surface area contributed by atoms with Crippen LogP contribution in [0.4, 0.5) is 0 Å². The average Bonchev–Trinajstić information content (AvgIpc) is 3.25. The number of amides is 2. The van der Waals surface area contributed by atoms with Gasteiger partial charge in [0.2, 0.25) is 0 Å². The SMILES string of the molecule is Cc1nn(-c2ccccc2)c(C)c1C=C(C#N)C(=O)OCCN1C(=O)c2ccccc2C1=O. The number of fused-ring (bicyclic) bond motifs is 1. The van der Waals surface area contributed by atoms with Crippen LogP contribution in [0, 0.1) is 25.2 Å². The number of aromatic nitrogens is 2. The van der Waals surface area contributed by atoms with Crippen molar-refractivity contribution in [3.63, 3.8) is 0 Å². The second kappa shape index (κ2) is 8.93. The number of aryl methyl sites for hydroxylation is 1. The molecule has 0 radical (unpaired) electrons. The van der Waals surface area contributed by atoms with E-state index >= 15 is 0 Å². The van der Waals surface area contributed by atoms with Crippen molar-refractivity contribution in [2.45, 2.75) is 13.8 Å². The fourth-order valence-electron chi connectivity index (χ4n) is 3.72. The molecule has 0 saturated carbocycles. The summed E-state index contributed by atoms with van der Waals surface area (Å²) in [5.74, 6) is -1.69. The number of carbonyl (C=O) groups excluding carboxylic acids is 3. The van der Waals surface area contributed by atoms with Crippen molar-refractivity contribution in [3.8, 4) is 11.8 Å². The molecule has 33 heavy (non-hydrogen) atoms. The van der Waals surface area contributed by atoms with Crippen molar-refractivity contribution in [1.29, 1.82) is 5.26 Å². The zero-order chi connectivity index (χ0) is 23.5. The van der Waals surface area contributed by atoms with Crippen LogP contribution in [0.5, 0.6) is 0 Å². The second-order valence-corrected chi connectivity index (χ2v) is 7.45. The fourth-order valence-corrected chi connectivity index (χ4v) is 3.72. The van der Waals surface area contributed by atoms with E-state index < -0.39 is 17.8 Å². The first-order chi connectivity index (χ1) is 15.9. The van der Waals surface area contributed by atoms with Crippen molar-refractivity contribution in [2.24, 2.45) is 0 Å². The standard InChI is InChI=1S/C25H20N4O4/c1-16-22(17(2)29(27-16)19-8-4-3-5-9-19)14-18(15-26)25(32)33-13-12-28-23(30)20-10-6-7-11-21(20)24(28)31/h3-11,14H,12-13H2,1-2H3. The predicted octanol–water partition coefficient (Wildman–Crippen LogP) is 3.24. The Balaban J connectivity index is 1.46. The van der Waals surface area contributed by atoms with Crippen LogP contribution in [-0.4, -0.2) is 45.6 Å². The largest absolute Gasteiger partial charge is 0.460 e. The van der Waals surface area contributed by atoms with Crippen molar-refractivity contribution in [2.75, 3.05) is 13.2 Å². The molecule has 8 heteroatoms. The van der Waals surface area contributed by atoms with Gasteiger partial charge in [-0.05, 0) is 44.2 Å². The number of para-hydroxylation sites is 1. The molecule has 0 fully saturated rings. The number of benzene rings is 2. The molecule has 1 aromatic heterocycles. The first kappa shape index (κ1) is 21.7. The number of rotatable bonds is 6. The van der Waals surface area contributed by atoms with Gasteiger partial charge in [-0.15, -0.1) is 0 Å². The highest BCUT2D eigenvalue weighted by atomic mass is 16.5. The molecule has 0 spiro atoms. The third-order valence-corrected chi connectivity index (χ3v) is 5.40. The summed E-state index contributed by atoms with van der Waals surface area (Å²) in [4.78, 5) is 38.3. The zero-order valence-corrected chi connectivity index (χ0v) is 18.1. The van der Waals surface area contributed by atoms with Crippen LogP contribution in [0.3, 0.4) is 0 Å². The van der Waals surface area contributed by atoms with Crippen molar-refractivity contribution in [3.05, 3.63) is 88.2 Å². The normalized spacial score (nSPS) is 13.1. The van der Waals surface area contributed by atoms with Crippen molar-refractivity contribution >= 4 is 23.9 Å². The minimum atomic E-state index is -0.833. The summed E-state index contributed by atoms with van der Waals surface area (Å²) < 4.78 is 6.93. The highest BCUT2D eigenvalue weighted by Gasteiger charge is 2.34. The van der Waals surface area contributed by atoms with E-state index in [9.17, 15) is 19.6 Å². The Labute approximate surface area is 190 Å². The molecule has 8 nitrogen and oxygen atoms in total. The van der Waals surface area contributed by atoms with Crippen LogP contribution in [0.25, 0.3) is 11.8 Å². The van der Waals surface area contributed by atoms with Gasteiger partial charge in [-0.25, -0.2) is 9.48 Å². The molecule has 0 atom stereocenters. The number of nitriles is 1. The predicted molar refractivity (Wildman–Crippen MR) is 119 cm³/mol. The van der Waals surface area contributed by atoms with Gasteiger partial charge >= 0.3 is 5.97 Å². The molecule has 1 aliphatic rings. The number of hydrogen-bond donors (Lipinski definition) is 0. The Kier molecular flexibility index (Phi) is 5.87. The molecule has 164 valence electrons. The highest BCUT2D eigenvalue weighted by Crippen LogP contribution is 2.23. The molecule has 1 aliphatic heterocycles. The maximum atomic E-state index is 12.5. The number of hydrogen-bond acceptors (Lipinski definition) is 6. The lowest BCUT2D eigenvalue weighted by Gasteiger charge is -2.13. The Morgan fingerprint density at radius 3 is 2.24 bits per heavy atom. The van der Waals surface area contributed by atoms with Crippen molar-refractivity contribution < 1.29 is 19.1 Å². The summed E-state index contributed by atoms with van der Waals surface area (Å²) in [6, 6.07) is 17.9. The molecule has 0 saturated heterocycles. The molecule has 2 aromatic carbocycles. The van der Waals surface area contributed by atoms with Gasteiger partial charge in [-0.1, -0.05) is 30.3 Å². The van der Waals surface area contributed by atoms with Gasteiger partial charge in [-0.2, -0.15) is 10.4 Å². The van der Waals surface area contributed by atoms with Crippen LogP contribution < -0.4 is 0 Å². The monoisotopic (exact) mass is 440 g/mol. The topological polar surface area (TPSA) is 105 Å². The second-order valence-electron chi connectivity index (χ2n) is 7.45. The van der Waals surface area contributed by atoms with Crippen LogP contribution in [0.1, 0.15) is 37.7 Å². The number of carbonyl (C=O) groups is 3. The summed E-state index contributed by atoms with van der Waals surface area (Å²) in [7, 11) is 0. The molecule has 0 unspecified atom stereocenters. The lowest BCUT2D eigenvalue weighted by molar-refractivity contribution is -0.138. The Morgan fingerprint density at radius 1 is 1.03 bits per heavy atom. The molecular weight excluding hydrogens is 420 g/mol. The van der Waals surface area contributed by atoms with E-state index in [1.807, 2.05) is 43.3 Å². The van der Waals surface area contributed by atoms with Gasteiger partial charge in [0.25, 0.3) is 11.8 Å². The first-order valence-electron chi connectivity index (χ1n) is 10.3. The van der Waals surface area contributed by atoms with E-state index in [4.69, 9.17) is 4.74 Å². The maximum absolute atomic E-state index is 12.5.